The van der Waals surface area contributed by atoms with Gasteiger partial charge in [-0.15, -0.1) is 0 Å². The van der Waals surface area contributed by atoms with E-state index in [9.17, 15) is 4.79 Å². The molecule has 3 aromatic rings. The molecule has 0 radical (unpaired) electrons. The van der Waals surface area contributed by atoms with Crippen LogP contribution in [-0.4, -0.2) is 47.0 Å². The van der Waals surface area contributed by atoms with Crippen LogP contribution in [0.3, 0.4) is 0 Å². The van der Waals surface area contributed by atoms with Crippen LogP contribution in [0.4, 0.5) is 11.5 Å². The summed E-state index contributed by atoms with van der Waals surface area (Å²) in [5.74, 6) is 0.825. The van der Waals surface area contributed by atoms with Crippen LogP contribution in [0.15, 0.2) is 67.1 Å². The summed E-state index contributed by atoms with van der Waals surface area (Å²) in [7, 11) is 0. The van der Waals surface area contributed by atoms with E-state index in [1.165, 1.54) is 11.1 Å². The Balaban J connectivity index is 1.30. The summed E-state index contributed by atoms with van der Waals surface area (Å²) < 4.78 is 0. The molecule has 1 aromatic carbocycles. The van der Waals surface area contributed by atoms with E-state index in [1.807, 2.05) is 48.8 Å². The lowest BCUT2D eigenvalue weighted by molar-refractivity contribution is 0.102. The number of nitrogens with one attached hydrogen (secondary N) is 1. The van der Waals surface area contributed by atoms with Crippen molar-refractivity contribution in [3.8, 4) is 0 Å². The van der Waals surface area contributed by atoms with Crippen LogP contribution in [-0.2, 0) is 12.0 Å². The molecule has 3 heterocycles. The average molecular weight is 430 g/mol. The minimum atomic E-state index is -0.121. The fraction of sp³-hybridized carbons (Fsp3) is 0.346. The summed E-state index contributed by atoms with van der Waals surface area (Å²) in [4.78, 5) is 26.0. The second kappa shape index (κ2) is 9.49. The molecule has 1 saturated heterocycles. The van der Waals surface area contributed by atoms with Crippen molar-refractivity contribution in [2.45, 2.75) is 32.7 Å². The second-order valence-corrected chi connectivity index (χ2v) is 9.31. The van der Waals surface area contributed by atoms with Crippen molar-refractivity contribution in [3.63, 3.8) is 0 Å². The third-order valence-corrected chi connectivity index (χ3v) is 5.87. The molecule has 1 amide bonds. The average Bonchev–Trinajstić information content (AvgIpc) is 2.80. The highest BCUT2D eigenvalue weighted by atomic mass is 16.1. The topological polar surface area (TPSA) is 61.4 Å². The molecule has 1 aliphatic rings. The van der Waals surface area contributed by atoms with Gasteiger partial charge in [-0.05, 0) is 52.9 Å². The van der Waals surface area contributed by atoms with Gasteiger partial charge in [-0.3, -0.25) is 14.7 Å². The van der Waals surface area contributed by atoms with Crippen LogP contribution in [0.5, 0.6) is 0 Å². The van der Waals surface area contributed by atoms with Gasteiger partial charge in [0.25, 0.3) is 5.91 Å². The number of benzene rings is 1. The number of amides is 1. The van der Waals surface area contributed by atoms with Crippen molar-refractivity contribution < 1.29 is 4.79 Å². The van der Waals surface area contributed by atoms with E-state index >= 15 is 0 Å². The highest BCUT2D eigenvalue weighted by Crippen LogP contribution is 2.23. The van der Waals surface area contributed by atoms with Crippen molar-refractivity contribution in [1.82, 2.24) is 14.9 Å². The number of carbonyl (C=O) groups is 1. The highest BCUT2D eigenvalue weighted by molar-refractivity contribution is 6.04. The minimum Gasteiger partial charge on any atom is -0.354 e. The molecule has 1 aliphatic heterocycles. The first-order chi connectivity index (χ1) is 15.4. The molecule has 0 saturated carbocycles. The van der Waals surface area contributed by atoms with Crippen LogP contribution in [0.1, 0.15) is 42.3 Å². The van der Waals surface area contributed by atoms with Crippen molar-refractivity contribution >= 4 is 17.4 Å². The van der Waals surface area contributed by atoms with Gasteiger partial charge in [0.05, 0.1) is 11.9 Å². The number of hydrogen-bond acceptors (Lipinski definition) is 5. The van der Waals surface area contributed by atoms with E-state index < -0.39 is 0 Å². The van der Waals surface area contributed by atoms with Crippen molar-refractivity contribution in [3.05, 3.63) is 83.8 Å². The predicted octanol–water partition coefficient (Wildman–Crippen LogP) is 4.35. The molecule has 166 valence electrons. The number of rotatable bonds is 5. The van der Waals surface area contributed by atoms with Gasteiger partial charge in [0.15, 0.2) is 0 Å². The zero-order valence-electron chi connectivity index (χ0n) is 19.1. The molecule has 1 fully saturated rings. The van der Waals surface area contributed by atoms with Gasteiger partial charge in [0, 0.05) is 50.7 Å². The largest absolute Gasteiger partial charge is 0.354 e. The Hall–Kier alpha value is -3.25. The quantitative estimate of drug-likeness (QED) is 0.653. The van der Waals surface area contributed by atoms with Crippen molar-refractivity contribution in [2.75, 3.05) is 36.4 Å². The predicted molar refractivity (Wildman–Crippen MR) is 129 cm³/mol. The smallest absolute Gasteiger partial charge is 0.255 e. The summed E-state index contributed by atoms with van der Waals surface area (Å²) in [5, 5.41) is 2.95. The molecular weight excluding hydrogens is 398 g/mol. The van der Waals surface area contributed by atoms with E-state index in [2.05, 4.69) is 58.0 Å². The Kier molecular flexibility index (Phi) is 6.51. The third-order valence-electron chi connectivity index (χ3n) is 5.87. The maximum atomic E-state index is 12.6. The Morgan fingerprint density at radius 3 is 2.22 bits per heavy atom. The highest BCUT2D eigenvalue weighted by Gasteiger charge is 2.18. The third kappa shape index (κ3) is 5.51. The standard InChI is InChI=1S/C26H31N5O/c1-26(2,3)22-6-4-21(5-7-22)25(32)29-23-8-9-24(28-18-23)31-16-14-30(15-17-31)19-20-10-12-27-13-11-20/h4-13,18H,14-17,19H2,1-3H3,(H,29,32). The Bertz CT molecular complexity index is 1020. The lowest BCUT2D eigenvalue weighted by Crippen LogP contribution is -2.46. The van der Waals surface area contributed by atoms with Gasteiger partial charge in [0.1, 0.15) is 5.82 Å². The molecule has 6 nitrogen and oxygen atoms in total. The van der Waals surface area contributed by atoms with Gasteiger partial charge < -0.3 is 10.2 Å². The molecule has 2 aromatic heterocycles. The van der Waals surface area contributed by atoms with Crippen molar-refractivity contribution in [1.29, 1.82) is 0 Å². The number of aromatic nitrogens is 2. The molecule has 4 rings (SSSR count). The van der Waals surface area contributed by atoms with E-state index in [1.54, 1.807) is 6.20 Å². The monoisotopic (exact) mass is 429 g/mol. The molecular formula is C26H31N5O. The first-order valence-corrected chi connectivity index (χ1v) is 11.1. The molecule has 0 aliphatic carbocycles. The first kappa shape index (κ1) is 22.0. The van der Waals surface area contributed by atoms with Crippen LogP contribution in [0.2, 0.25) is 0 Å². The Morgan fingerprint density at radius 2 is 1.62 bits per heavy atom. The van der Waals surface area contributed by atoms with Gasteiger partial charge in [-0.1, -0.05) is 32.9 Å². The van der Waals surface area contributed by atoms with Gasteiger partial charge in [-0.25, -0.2) is 4.98 Å². The van der Waals surface area contributed by atoms with E-state index in [0.717, 1.165) is 38.5 Å². The lowest BCUT2D eigenvalue weighted by Gasteiger charge is -2.35. The molecule has 0 bridgehead atoms. The molecule has 0 unspecified atom stereocenters. The first-order valence-electron chi connectivity index (χ1n) is 11.1. The number of anilines is 2. The zero-order valence-corrected chi connectivity index (χ0v) is 19.1. The zero-order chi connectivity index (χ0) is 22.6. The number of pyridine rings is 2. The summed E-state index contributed by atoms with van der Waals surface area (Å²) in [6.07, 6.45) is 5.42. The Labute approximate surface area is 190 Å². The van der Waals surface area contributed by atoms with Gasteiger partial charge >= 0.3 is 0 Å². The maximum Gasteiger partial charge on any atom is 0.255 e. The van der Waals surface area contributed by atoms with E-state index in [0.29, 0.717) is 11.3 Å². The van der Waals surface area contributed by atoms with Crippen molar-refractivity contribution in [2.24, 2.45) is 0 Å². The normalized spacial score (nSPS) is 14.9. The lowest BCUT2D eigenvalue weighted by atomic mass is 9.87. The molecule has 1 N–H and O–H groups in total. The molecule has 0 spiro atoms. The summed E-state index contributed by atoms with van der Waals surface area (Å²) >= 11 is 0. The van der Waals surface area contributed by atoms with E-state index in [4.69, 9.17) is 0 Å². The summed E-state index contributed by atoms with van der Waals surface area (Å²) in [5.41, 5.74) is 3.92. The SMILES string of the molecule is CC(C)(C)c1ccc(C(=O)Nc2ccc(N3CCN(Cc4ccncc4)CC3)nc2)cc1. The number of piperazine rings is 1. The number of hydrogen-bond donors (Lipinski definition) is 1. The van der Waals surface area contributed by atoms with Crippen LogP contribution in [0.25, 0.3) is 0 Å². The fourth-order valence-corrected chi connectivity index (χ4v) is 3.85. The summed E-state index contributed by atoms with van der Waals surface area (Å²) in [6, 6.07) is 15.8. The van der Waals surface area contributed by atoms with Crippen LogP contribution < -0.4 is 10.2 Å². The second-order valence-electron chi connectivity index (χ2n) is 9.31. The fourth-order valence-electron chi connectivity index (χ4n) is 3.85. The number of nitrogens with zero attached hydrogens (tertiary/aromatic N) is 4. The number of carbonyl (C=O) groups excluding carboxylic acids is 1. The van der Waals surface area contributed by atoms with Gasteiger partial charge in [0.2, 0.25) is 0 Å². The minimum absolute atomic E-state index is 0.0687. The van der Waals surface area contributed by atoms with E-state index in [-0.39, 0.29) is 11.3 Å². The van der Waals surface area contributed by atoms with Gasteiger partial charge in [-0.2, -0.15) is 0 Å². The molecule has 0 atom stereocenters. The van der Waals surface area contributed by atoms with Crippen LogP contribution >= 0.6 is 0 Å². The Morgan fingerprint density at radius 1 is 0.938 bits per heavy atom. The summed E-state index contributed by atoms with van der Waals surface area (Å²) in [6.45, 7) is 11.3. The molecule has 32 heavy (non-hydrogen) atoms. The van der Waals surface area contributed by atoms with Crippen LogP contribution in [0, 0.1) is 0 Å². The molecule has 6 heteroatoms. The maximum absolute atomic E-state index is 12.6.